The third-order valence-corrected chi connectivity index (χ3v) is 5.87. The second-order valence-electron chi connectivity index (χ2n) is 7.39. The van der Waals surface area contributed by atoms with Crippen molar-refractivity contribution in [1.82, 2.24) is 19.8 Å². The van der Waals surface area contributed by atoms with Gasteiger partial charge in [-0.05, 0) is 80.0 Å². The lowest BCUT2D eigenvalue weighted by Crippen LogP contribution is -2.31. The molecular formula is C23H26N4S. The minimum absolute atomic E-state index is 0.0282. The average molecular weight is 391 g/mol. The lowest BCUT2D eigenvalue weighted by Gasteiger charge is -2.28. The summed E-state index contributed by atoms with van der Waals surface area (Å²) >= 11 is 5.71. The van der Waals surface area contributed by atoms with Crippen LogP contribution in [0.15, 0.2) is 60.9 Å². The largest absolute Gasteiger partial charge is 0.352 e. The van der Waals surface area contributed by atoms with Crippen molar-refractivity contribution in [2.24, 2.45) is 0 Å². The van der Waals surface area contributed by atoms with Crippen LogP contribution < -0.4 is 5.32 Å². The molecule has 0 unspecified atom stereocenters. The Balaban J connectivity index is 1.81. The molecule has 4 rings (SSSR count). The van der Waals surface area contributed by atoms with Gasteiger partial charge in [0.05, 0.1) is 17.8 Å². The molecule has 0 bridgehead atoms. The van der Waals surface area contributed by atoms with Crippen molar-refractivity contribution in [3.8, 4) is 5.69 Å². The van der Waals surface area contributed by atoms with E-state index < -0.39 is 0 Å². The van der Waals surface area contributed by atoms with Gasteiger partial charge in [0.15, 0.2) is 5.11 Å². The summed E-state index contributed by atoms with van der Waals surface area (Å²) in [5.41, 5.74) is 6.02. The van der Waals surface area contributed by atoms with Crippen molar-refractivity contribution in [1.29, 1.82) is 0 Å². The molecule has 1 aromatic carbocycles. The highest BCUT2D eigenvalue weighted by Gasteiger charge is 2.40. The van der Waals surface area contributed by atoms with E-state index in [1.807, 2.05) is 18.3 Å². The molecule has 0 radical (unpaired) electrons. The monoisotopic (exact) mass is 390 g/mol. The van der Waals surface area contributed by atoms with Crippen molar-refractivity contribution in [2.75, 3.05) is 6.54 Å². The van der Waals surface area contributed by atoms with Crippen LogP contribution in [0, 0.1) is 13.8 Å². The number of hydrogen-bond acceptors (Lipinski definition) is 2. The Hall–Kier alpha value is -2.66. The maximum Gasteiger partial charge on any atom is 0.170 e. The molecule has 2 aromatic heterocycles. The van der Waals surface area contributed by atoms with Gasteiger partial charge in [0.2, 0.25) is 0 Å². The molecule has 28 heavy (non-hydrogen) atoms. The number of aryl methyl sites for hydroxylation is 2. The Morgan fingerprint density at radius 2 is 1.93 bits per heavy atom. The maximum atomic E-state index is 5.71. The smallest absolute Gasteiger partial charge is 0.170 e. The van der Waals surface area contributed by atoms with E-state index in [2.05, 4.69) is 83.1 Å². The number of aromatic nitrogens is 2. The van der Waals surface area contributed by atoms with Crippen LogP contribution in [0.4, 0.5) is 0 Å². The first kappa shape index (κ1) is 18.7. The molecule has 2 atom stereocenters. The molecule has 1 aliphatic rings. The molecule has 3 aromatic rings. The van der Waals surface area contributed by atoms with Gasteiger partial charge >= 0.3 is 0 Å². The summed E-state index contributed by atoms with van der Waals surface area (Å²) in [5.74, 6) is 0. The fourth-order valence-corrected chi connectivity index (χ4v) is 4.29. The molecule has 0 amide bonds. The Labute approximate surface area is 172 Å². The van der Waals surface area contributed by atoms with Gasteiger partial charge in [-0.1, -0.05) is 19.1 Å². The first-order valence-electron chi connectivity index (χ1n) is 9.83. The van der Waals surface area contributed by atoms with Gasteiger partial charge in [0, 0.05) is 30.3 Å². The lowest BCUT2D eigenvalue weighted by molar-refractivity contribution is 0.309. The Morgan fingerprint density at radius 1 is 1.07 bits per heavy atom. The number of pyridine rings is 1. The highest BCUT2D eigenvalue weighted by atomic mass is 32.1. The van der Waals surface area contributed by atoms with Crippen molar-refractivity contribution in [3.63, 3.8) is 0 Å². The van der Waals surface area contributed by atoms with Gasteiger partial charge in [-0.25, -0.2) is 0 Å². The molecule has 1 N–H and O–H groups in total. The summed E-state index contributed by atoms with van der Waals surface area (Å²) in [4.78, 5) is 6.93. The van der Waals surface area contributed by atoms with Crippen molar-refractivity contribution in [2.45, 2.75) is 39.3 Å². The molecule has 0 saturated carbocycles. The molecule has 0 aliphatic carbocycles. The molecule has 0 spiro atoms. The fraction of sp³-hybridized carbons (Fsp3) is 0.304. The fourth-order valence-electron chi connectivity index (χ4n) is 3.95. The van der Waals surface area contributed by atoms with Crippen LogP contribution in [0.1, 0.15) is 47.9 Å². The molecule has 1 fully saturated rings. The van der Waals surface area contributed by atoms with Crippen LogP contribution in [0.25, 0.3) is 5.69 Å². The van der Waals surface area contributed by atoms with Crippen molar-refractivity contribution >= 4 is 17.3 Å². The van der Waals surface area contributed by atoms with Gasteiger partial charge in [-0.3, -0.25) is 4.98 Å². The molecule has 144 valence electrons. The van der Waals surface area contributed by atoms with Crippen molar-refractivity contribution in [3.05, 3.63) is 83.4 Å². The quantitative estimate of drug-likeness (QED) is 0.630. The van der Waals surface area contributed by atoms with Crippen LogP contribution >= 0.6 is 12.2 Å². The summed E-state index contributed by atoms with van der Waals surface area (Å²) in [6.45, 7) is 7.41. The van der Waals surface area contributed by atoms with E-state index in [1.54, 1.807) is 0 Å². The zero-order chi connectivity index (χ0) is 19.7. The van der Waals surface area contributed by atoms with Crippen LogP contribution in [0.5, 0.6) is 0 Å². The topological polar surface area (TPSA) is 33.1 Å². The van der Waals surface area contributed by atoms with Gasteiger partial charge in [0.1, 0.15) is 0 Å². The van der Waals surface area contributed by atoms with Crippen LogP contribution in [0.3, 0.4) is 0 Å². The number of thiocarbonyl (C=S) groups is 1. The highest BCUT2D eigenvalue weighted by molar-refractivity contribution is 7.80. The van der Waals surface area contributed by atoms with Gasteiger partial charge in [0.25, 0.3) is 0 Å². The van der Waals surface area contributed by atoms with E-state index >= 15 is 0 Å². The van der Waals surface area contributed by atoms with Crippen LogP contribution in [0.2, 0.25) is 0 Å². The first-order valence-corrected chi connectivity index (χ1v) is 10.2. The van der Waals surface area contributed by atoms with E-state index in [-0.39, 0.29) is 12.1 Å². The molecular weight excluding hydrogens is 364 g/mol. The van der Waals surface area contributed by atoms with Gasteiger partial charge < -0.3 is 14.8 Å². The lowest BCUT2D eigenvalue weighted by atomic mass is 10.0. The third-order valence-electron chi connectivity index (χ3n) is 5.51. The van der Waals surface area contributed by atoms with Crippen molar-refractivity contribution < 1.29 is 0 Å². The van der Waals surface area contributed by atoms with E-state index in [4.69, 9.17) is 12.2 Å². The minimum atomic E-state index is 0.0282. The zero-order valence-corrected chi connectivity index (χ0v) is 17.4. The predicted molar refractivity (Wildman–Crippen MR) is 118 cm³/mol. The van der Waals surface area contributed by atoms with E-state index in [0.717, 1.165) is 23.8 Å². The standard InChI is InChI=1S/C23H26N4S/c1-4-13-27-22(21(25-23(27)28)19-8-5-6-12-24-19)20-9-7-14-26(20)18-11-10-16(2)17(3)15-18/h5-12,14-15,21-22H,4,13H2,1-3H3,(H,25,28)/t21-,22+/m1/s1. The maximum absolute atomic E-state index is 5.71. The number of rotatable bonds is 5. The van der Waals surface area contributed by atoms with Crippen LogP contribution in [-0.4, -0.2) is 26.1 Å². The highest BCUT2D eigenvalue weighted by Crippen LogP contribution is 2.39. The molecule has 1 saturated heterocycles. The first-order chi connectivity index (χ1) is 13.6. The Bertz CT molecular complexity index is 979. The van der Waals surface area contributed by atoms with Gasteiger partial charge in [-0.2, -0.15) is 0 Å². The Kier molecular flexibility index (Phi) is 5.18. The summed E-state index contributed by atoms with van der Waals surface area (Å²) in [6, 6.07) is 17.1. The molecule has 1 aliphatic heterocycles. The molecule has 3 heterocycles. The number of nitrogens with zero attached hydrogens (tertiary/aromatic N) is 3. The molecule has 5 heteroatoms. The normalized spacial score (nSPS) is 19.1. The van der Waals surface area contributed by atoms with E-state index in [9.17, 15) is 0 Å². The van der Waals surface area contributed by atoms with E-state index in [0.29, 0.717) is 0 Å². The summed E-state index contributed by atoms with van der Waals surface area (Å²) < 4.78 is 2.28. The van der Waals surface area contributed by atoms with E-state index in [1.165, 1.54) is 22.5 Å². The van der Waals surface area contributed by atoms with Gasteiger partial charge in [-0.15, -0.1) is 0 Å². The SMILES string of the molecule is CCCN1C(=S)N[C@H](c2ccccn2)[C@@H]1c1cccn1-c1ccc(C)c(C)c1. The number of benzene rings is 1. The number of nitrogens with one attached hydrogen (secondary N) is 1. The predicted octanol–water partition coefficient (Wildman–Crippen LogP) is 4.87. The minimum Gasteiger partial charge on any atom is -0.352 e. The Morgan fingerprint density at radius 3 is 2.64 bits per heavy atom. The summed E-state index contributed by atoms with van der Waals surface area (Å²) in [7, 11) is 0. The summed E-state index contributed by atoms with van der Waals surface area (Å²) in [6.07, 6.45) is 5.03. The zero-order valence-electron chi connectivity index (χ0n) is 16.6. The summed E-state index contributed by atoms with van der Waals surface area (Å²) in [5, 5.41) is 4.33. The van der Waals surface area contributed by atoms with Crippen LogP contribution in [-0.2, 0) is 0 Å². The average Bonchev–Trinajstić information content (AvgIpc) is 3.30. The molecule has 4 nitrogen and oxygen atoms in total. The second kappa shape index (κ2) is 7.76. The third kappa shape index (κ3) is 3.31. The second-order valence-corrected chi connectivity index (χ2v) is 7.78. The number of hydrogen-bond donors (Lipinski definition) is 1.